The number of nitrogens with zero attached hydrogens (tertiary/aromatic N) is 2. The van der Waals surface area contributed by atoms with Crippen LogP contribution in [0.25, 0.3) is 79.8 Å². The van der Waals surface area contributed by atoms with Crippen molar-refractivity contribution in [2.75, 3.05) is 0 Å². The first kappa shape index (κ1) is 39.0. The average molecular weight is 798 g/mol. The van der Waals surface area contributed by atoms with Crippen LogP contribution in [0.3, 0.4) is 0 Å². The van der Waals surface area contributed by atoms with Gasteiger partial charge in [0.1, 0.15) is 0 Å². The number of aromatic nitrogens is 4. The van der Waals surface area contributed by atoms with Gasteiger partial charge in [-0.3, -0.25) is 4.98 Å². The third kappa shape index (κ3) is 6.96. The topological polar surface area (TPSA) is 169 Å². The molecule has 0 spiro atoms. The SMILES string of the molecule is Cl.Cl.O=C(O)c1ccccc1-c1c2nc(c(-c3ccccc3C(=O)O)c3ccc([nH]3)c(-c3ccccc3C(=O)O)c3nc([c-]c4ccc1[nH]4)C=C3)C=C2.[Mn]. The maximum atomic E-state index is 12.6. The van der Waals surface area contributed by atoms with Crippen LogP contribution in [-0.4, -0.2) is 53.2 Å². The number of hydrogen-bond acceptors (Lipinski definition) is 5. The second kappa shape index (κ2) is 15.8. The molecule has 13 heteroatoms. The number of aromatic carboxylic acids is 3. The minimum atomic E-state index is -1.13. The minimum Gasteiger partial charge on any atom is -0.478 e. The average Bonchev–Trinajstić information content (AvgIpc) is 3.96. The second-order valence-electron chi connectivity index (χ2n) is 11.8. The molecule has 10 nitrogen and oxygen atoms in total. The van der Waals surface area contributed by atoms with Crippen LogP contribution in [0.15, 0.2) is 97.1 Å². The van der Waals surface area contributed by atoms with E-state index >= 15 is 0 Å². The summed E-state index contributed by atoms with van der Waals surface area (Å²) in [6.07, 6.45) is 7.10. The van der Waals surface area contributed by atoms with E-state index < -0.39 is 17.9 Å². The summed E-state index contributed by atoms with van der Waals surface area (Å²) >= 11 is 0. The molecule has 0 aliphatic carbocycles. The standard InChI is InChI=1S/C41H25N4O6.2ClH.Mn/c46-39(47)27-10-4-1-7-24(27)36-30-15-13-22(42-30)21-23-14-16-31(43-23)37(25-8-2-5-11-28(25)40(48)49)33-18-20-35(45-33)38(34-19-17-32(36)44-34)26-9-3-6-12-29(26)41(50)51;;;/h1-20,42,45H,(H,46,47)(H,48,49)(H,50,51);2*1H;/q-1;;;. The van der Waals surface area contributed by atoms with Crippen molar-refractivity contribution >= 4 is 89.1 Å². The normalized spacial score (nSPS) is 11.2. The zero-order chi connectivity index (χ0) is 35.2. The number of H-pyrrole nitrogens is 2. The van der Waals surface area contributed by atoms with Crippen LogP contribution < -0.4 is 0 Å². The molecule has 269 valence electrons. The Bertz CT molecular complexity index is 2660. The Kier molecular flexibility index (Phi) is 11.4. The quantitative estimate of drug-likeness (QED) is 0.0819. The van der Waals surface area contributed by atoms with Gasteiger partial charge in [-0.2, -0.15) is 0 Å². The summed E-state index contributed by atoms with van der Waals surface area (Å²) in [5.41, 5.74) is 7.03. The summed E-state index contributed by atoms with van der Waals surface area (Å²) in [5.74, 6) is -3.34. The van der Waals surface area contributed by atoms with Gasteiger partial charge in [-0.05, 0) is 48.2 Å². The molecule has 8 bridgehead atoms. The Labute approximate surface area is 330 Å². The van der Waals surface area contributed by atoms with Gasteiger partial charge < -0.3 is 25.3 Å². The van der Waals surface area contributed by atoms with Gasteiger partial charge in [0.15, 0.2) is 0 Å². The molecule has 0 unspecified atom stereocenters. The summed E-state index contributed by atoms with van der Waals surface area (Å²) in [7, 11) is 0. The monoisotopic (exact) mass is 796 g/mol. The maximum Gasteiger partial charge on any atom is 0.336 e. The molecule has 3 aromatic carbocycles. The van der Waals surface area contributed by atoms with E-state index in [0.29, 0.717) is 78.2 Å². The van der Waals surface area contributed by atoms with E-state index in [1.165, 1.54) is 18.2 Å². The van der Waals surface area contributed by atoms with Crippen molar-refractivity contribution in [1.29, 1.82) is 0 Å². The van der Waals surface area contributed by atoms with Crippen LogP contribution in [0.2, 0.25) is 0 Å². The third-order valence-corrected chi connectivity index (χ3v) is 8.77. The maximum absolute atomic E-state index is 12.6. The first-order valence-electron chi connectivity index (χ1n) is 15.8. The fourth-order valence-corrected chi connectivity index (χ4v) is 6.58. The largest absolute Gasteiger partial charge is 0.478 e. The van der Waals surface area contributed by atoms with Gasteiger partial charge in [-0.25, -0.2) is 19.4 Å². The molecule has 0 fully saturated rings. The molecule has 0 saturated carbocycles. The number of halogens is 2. The number of carboxylic acid groups (broad SMARTS) is 3. The molecular formula is C41H27Cl2MnN4O6-. The Morgan fingerprint density at radius 2 is 0.852 bits per heavy atom. The molecule has 54 heavy (non-hydrogen) atoms. The van der Waals surface area contributed by atoms with Gasteiger partial charge in [-0.1, -0.05) is 72.3 Å². The van der Waals surface area contributed by atoms with Crippen LogP contribution in [0.5, 0.6) is 0 Å². The molecule has 8 rings (SSSR count). The Morgan fingerprint density at radius 1 is 0.481 bits per heavy atom. The number of rotatable bonds is 6. The number of nitrogens with one attached hydrogen (secondary N) is 2. The van der Waals surface area contributed by atoms with Gasteiger partial charge in [0.05, 0.1) is 33.8 Å². The molecule has 5 heterocycles. The number of aromatic amines is 2. The minimum absolute atomic E-state index is 0. The summed E-state index contributed by atoms with van der Waals surface area (Å²) in [5, 5.41) is 30.6. The van der Waals surface area contributed by atoms with Crippen LogP contribution in [0.4, 0.5) is 0 Å². The molecule has 3 aromatic heterocycles. The zero-order valence-electron chi connectivity index (χ0n) is 27.7. The van der Waals surface area contributed by atoms with Crippen molar-refractivity contribution in [3.05, 3.63) is 143 Å². The van der Waals surface area contributed by atoms with Crippen molar-refractivity contribution in [2.45, 2.75) is 0 Å². The number of fused-ring (bicyclic) bond motifs is 8. The molecular weight excluding hydrogens is 770 g/mol. The second-order valence-corrected chi connectivity index (χ2v) is 11.8. The molecule has 6 aromatic rings. The molecule has 0 atom stereocenters. The van der Waals surface area contributed by atoms with E-state index in [1.807, 2.05) is 6.07 Å². The summed E-state index contributed by atoms with van der Waals surface area (Å²) < 4.78 is 0. The van der Waals surface area contributed by atoms with E-state index in [-0.39, 0.29) is 58.6 Å². The van der Waals surface area contributed by atoms with Gasteiger partial charge in [0.2, 0.25) is 0 Å². The first-order chi connectivity index (χ1) is 24.8. The zero-order valence-corrected chi connectivity index (χ0v) is 30.5. The van der Waals surface area contributed by atoms with Gasteiger partial charge in [0, 0.05) is 67.0 Å². The van der Waals surface area contributed by atoms with Crippen molar-refractivity contribution in [3.8, 4) is 33.4 Å². The Balaban J connectivity index is 0.00000187. The van der Waals surface area contributed by atoms with Crippen LogP contribution in [-0.2, 0) is 17.1 Å². The fourth-order valence-electron chi connectivity index (χ4n) is 6.58. The van der Waals surface area contributed by atoms with E-state index in [9.17, 15) is 29.7 Å². The van der Waals surface area contributed by atoms with Gasteiger partial charge in [0.25, 0.3) is 0 Å². The smallest absolute Gasteiger partial charge is 0.336 e. The Morgan fingerprint density at radius 3 is 1.30 bits per heavy atom. The van der Waals surface area contributed by atoms with Crippen LogP contribution in [0, 0.1) is 6.07 Å². The number of carboxylic acids is 3. The molecule has 5 N–H and O–H groups in total. The van der Waals surface area contributed by atoms with Crippen molar-refractivity contribution in [2.24, 2.45) is 0 Å². The third-order valence-electron chi connectivity index (χ3n) is 8.77. The van der Waals surface area contributed by atoms with Crippen molar-refractivity contribution in [3.63, 3.8) is 0 Å². The summed E-state index contributed by atoms with van der Waals surface area (Å²) in [4.78, 5) is 54.1. The number of hydrogen-bond donors (Lipinski definition) is 5. The molecule has 1 radical (unpaired) electrons. The van der Waals surface area contributed by atoms with Crippen LogP contribution in [0.1, 0.15) is 53.8 Å². The number of carbonyl (C=O) groups is 3. The van der Waals surface area contributed by atoms with Gasteiger partial charge in [-0.15, -0.1) is 43.0 Å². The summed E-state index contributed by atoms with van der Waals surface area (Å²) in [6, 6.07) is 30.4. The van der Waals surface area contributed by atoms with Crippen molar-refractivity contribution < 1.29 is 46.8 Å². The fraction of sp³-hybridized carbons (Fsp3) is 0. The van der Waals surface area contributed by atoms with E-state index in [1.54, 1.807) is 97.1 Å². The van der Waals surface area contributed by atoms with Crippen molar-refractivity contribution in [1.82, 2.24) is 19.9 Å². The Hall–Kier alpha value is -6.23. The molecule has 2 aliphatic heterocycles. The predicted molar refractivity (Wildman–Crippen MR) is 209 cm³/mol. The first-order valence-corrected chi connectivity index (χ1v) is 15.8. The predicted octanol–water partition coefficient (Wildman–Crippen LogP) is 9.39. The summed E-state index contributed by atoms with van der Waals surface area (Å²) in [6.45, 7) is 0. The van der Waals surface area contributed by atoms with E-state index in [0.717, 1.165) is 0 Å². The number of benzene rings is 3. The van der Waals surface area contributed by atoms with E-state index in [4.69, 9.17) is 9.97 Å². The van der Waals surface area contributed by atoms with Crippen LogP contribution >= 0.6 is 24.8 Å². The van der Waals surface area contributed by atoms with E-state index in [2.05, 4.69) is 16.0 Å². The molecule has 2 aliphatic rings. The van der Waals surface area contributed by atoms with Gasteiger partial charge >= 0.3 is 17.9 Å². The molecule has 0 saturated heterocycles. The molecule has 0 amide bonds.